The van der Waals surface area contributed by atoms with E-state index in [1.54, 1.807) is 18.6 Å². The van der Waals surface area contributed by atoms with Crippen LogP contribution in [0.4, 0.5) is 5.82 Å². The van der Waals surface area contributed by atoms with E-state index in [0.717, 1.165) is 16.8 Å². The van der Waals surface area contributed by atoms with Gasteiger partial charge in [-0.15, -0.1) is 0 Å². The van der Waals surface area contributed by atoms with Crippen molar-refractivity contribution in [1.82, 2.24) is 15.0 Å². The molecule has 4 heteroatoms. The summed E-state index contributed by atoms with van der Waals surface area (Å²) in [7, 11) is 0. The number of hydrogen-bond donors (Lipinski definition) is 1. The minimum atomic E-state index is 0.422. The van der Waals surface area contributed by atoms with Gasteiger partial charge in [0.1, 0.15) is 11.5 Å². The summed E-state index contributed by atoms with van der Waals surface area (Å²) in [5, 5.41) is 0. The van der Waals surface area contributed by atoms with Crippen molar-refractivity contribution < 1.29 is 0 Å². The summed E-state index contributed by atoms with van der Waals surface area (Å²) in [6, 6.07) is 13.6. The molecule has 1 aromatic carbocycles. The number of benzene rings is 1. The molecule has 0 aliphatic heterocycles. The van der Waals surface area contributed by atoms with Gasteiger partial charge in [-0.3, -0.25) is 4.98 Å². The van der Waals surface area contributed by atoms with Crippen LogP contribution < -0.4 is 5.73 Å². The van der Waals surface area contributed by atoms with Gasteiger partial charge in [0.25, 0.3) is 0 Å². The first-order chi connectivity index (χ1) is 9.34. The van der Waals surface area contributed by atoms with Crippen LogP contribution in [0.15, 0.2) is 61.1 Å². The third-order valence-electron chi connectivity index (χ3n) is 2.82. The van der Waals surface area contributed by atoms with E-state index in [1.807, 2.05) is 42.5 Å². The van der Waals surface area contributed by atoms with E-state index in [0.29, 0.717) is 11.5 Å². The Labute approximate surface area is 111 Å². The van der Waals surface area contributed by atoms with Crippen LogP contribution in [0.5, 0.6) is 0 Å². The standard InChI is InChI=1S/C15H12N4/c16-15-14(12-6-8-17-9-7-12)19-13(10-18-15)11-4-2-1-3-5-11/h1-10H,(H2,16,18). The van der Waals surface area contributed by atoms with E-state index in [4.69, 9.17) is 5.73 Å². The van der Waals surface area contributed by atoms with Crippen LogP contribution in [0.25, 0.3) is 22.5 Å². The minimum Gasteiger partial charge on any atom is -0.382 e. The van der Waals surface area contributed by atoms with Gasteiger partial charge >= 0.3 is 0 Å². The molecule has 0 atom stereocenters. The molecule has 19 heavy (non-hydrogen) atoms. The Kier molecular flexibility index (Phi) is 2.90. The monoisotopic (exact) mass is 248 g/mol. The second-order valence-electron chi connectivity index (χ2n) is 4.09. The topological polar surface area (TPSA) is 64.7 Å². The van der Waals surface area contributed by atoms with Crippen LogP contribution in [0.1, 0.15) is 0 Å². The first-order valence-corrected chi connectivity index (χ1v) is 5.93. The van der Waals surface area contributed by atoms with Gasteiger partial charge < -0.3 is 5.73 Å². The molecular formula is C15H12N4. The summed E-state index contributed by atoms with van der Waals surface area (Å²) in [6.07, 6.45) is 5.12. The molecule has 92 valence electrons. The average molecular weight is 248 g/mol. The largest absolute Gasteiger partial charge is 0.382 e. The van der Waals surface area contributed by atoms with Crippen LogP contribution in [-0.4, -0.2) is 15.0 Å². The number of anilines is 1. The van der Waals surface area contributed by atoms with Gasteiger partial charge in [0.2, 0.25) is 0 Å². The van der Waals surface area contributed by atoms with E-state index in [2.05, 4.69) is 15.0 Å². The van der Waals surface area contributed by atoms with Gasteiger partial charge in [-0.05, 0) is 12.1 Å². The molecule has 0 unspecified atom stereocenters. The van der Waals surface area contributed by atoms with Gasteiger partial charge in [0.05, 0.1) is 11.9 Å². The molecule has 4 nitrogen and oxygen atoms in total. The maximum atomic E-state index is 5.91. The molecule has 0 bridgehead atoms. The molecule has 0 saturated heterocycles. The zero-order valence-electron chi connectivity index (χ0n) is 10.2. The fourth-order valence-corrected chi connectivity index (χ4v) is 1.87. The van der Waals surface area contributed by atoms with Crippen LogP contribution in [0, 0.1) is 0 Å². The number of nitrogens with zero attached hydrogens (tertiary/aromatic N) is 3. The Balaban J connectivity index is 2.12. The van der Waals surface area contributed by atoms with E-state index >= 15 is 0 Å². The number of nitrogens with two attached hydrogens (primary N) is 1. The summed E-state index contributed by atoms with van der Waals surface area (Å²) in [4.78, 5) is 12.8. The van der Waals surface area contributed by atoms with Crippen LogP contribution >= 0.6 is 0 Å². The minimum absolute atomic E-state index is 0.422. The molecule has 0 aliphatic rings. The second kappa shape index (κ2) is 4.86. The summed E-state index contributed by atoms with van der Waals surface area (Å²) >= 11 is 0. The number of hydrogen-bond acceptors (Lipinski definition) is 4. The molecule has 3 rings (SSSR count). The maximum Gasteiger partial charge on any atom is 0.150 e. The number of nitrogen functional groups attached to an aromatic ring is 1. The Morgan fingerprint density at radius 2 is 1.58 bits per heavy atom. The second-order valence-corrected chi connectivity index (χ2v) is 4.09. The Morgan fingerprint density at radius 1 is 0.842 bits per heavy atom. The van der Waals surface area contributed by atoms with Gasteiger partial charge in [-0.1, -0.05) is 30.3 Å². The molecule has 0 spiro atoms. The van der Waals surface area contributed by atoms with Crippen molar-refractivity contribution in [3.05, 3.63) is 61.1 Å². The maximum absolute atomic E-state index is 5.91. The van der Waals surface area contributed by atoms with Crippen LogP contribution in [0.2, 0.25) is 0 Å². The molecule has 3 aromatic rings. The van der Waals surface area contributed by atoms with Crippen LogP contribution in [-0.2, 0) is 0 Å². The molecule has 0 aliphatic carbocycles. The fourth-order valence-electron chi connectivity index (χ4n) is 1.87. The summed E-state index contributed by atoms with van der Waals surface area (Å²) in [5.41, 5.74) is 9.33. The molecule has 2 aromatic heterocycles. The lowest BCUT2D eigenvalue weighted by molar-refractivity contribution is 1.21. The average Bonchev–Trinajstić information content (AvgIpc) is 2.49. The highest BCUT2D eigenvalue weighted by Gasteiger charge is 2.08. The summed E-state index contributed by atoms with van der Waals surface area (Å²) in [5.74, 6) is 0.422. The van der Waals surface area contributed by atoms with Crippen LogP contribution in [0.3, 0.4) is 0 Å². The number of rotatable bonds is 2. The van der Waals surface area contributed by atoms with Crippen molar-refractivity contribution in [3.63, 3.8) is 0 Å². The smallest absolute Gasteiger partial charge is 0.150 e. The molecule has 0 saturated carbocycles. The van der Waals surface area contributed by atoms with E-state index in [1.165, 1.54) is 0 Å². The number of aromatic nitrogens is 3. The lowest BCUT2D eigenvalue weighted by atomic mass is 10.1. The number of pyridine rings is 1. The Hall–Kier alpha value is -2.75. The van der Waals surface area contributed by atoms with Crippen molar-refractivity contribution in [2.45, 2.75) is 0 Å². The Bertz CT molecular complexity index is 681. The highest BCUT2D eigenvalue weighted by Crippen LogP contribution is 2.25. The fraction of sp³-hybridized carbons (Fsp3) is 0. The van der Waals surface area contributed by atoms with E-state index in [-0.39, 0.29) is 0 Å². The van der Waals surface area contributed by atoms with Crippen molar-refractivity contribution in [1.29, 1.82) is 0 Å². The molecule has 0 radical (unpaired) electrons. The van der Waals surface area contributed by atoms with Gasteiger partial charge in [-0.2, -0.15) is 0 Å². The third-order valence-corrected chi connectivity index (χ3v) is 2.82. The zero-order valence-corrected chi connectivity index (χ0v) is 10.2. The molecule has 2 heterocycles. The predicted molar refractivity (Wildman–Crippen MR) is 75.1 cm³/mol. The third kappa shape index (κ3) is 2.28. The quantitative estimate of drug-likeness (QED) is 0.757. The van der Waals surface area contributed by atoms with E-state index in [9.17, 15) is 0 Å². The highest BCUT2D eigenvalue weighted by molar-refractivity contribution is 5.72. The first kappa shape index (κ1) is 11.3. The summed E-state index contributed by atoms with van der Waals surface area (Å²) in [6.45, 7) is 0. The molecular weight excluding hydrogens is 236 g/mol. The molecule has 2 N–H and O–H groups in total. The highest BCUT2D eigenvalue weighted by atomic mass is 14.9. The Morgan fingerprint density at radius 3 is 2.32 bits per heavy atom. The lowest BCUT2D eigenvalue weighted by Crippen LogP contribution is -1.98. The zero-order chi connectivity index (χ0) is 13.1. The van der Waals surface area contributed by atoms with Gasteiger partial charge in [0.15, 0.2) is 0 Å². The van der Waals surface area contributed by atoms with Gasteiger partial charge in [-0.25, -0.2) is 9.97 Å². The predicted octanol–water partition coefficient (Wildman–Crippen LogP) is 2.79. The van der Waals surface area contributed by atoms with Gasteiger partial charge in [0, 0.05) is 23.5 Å². The normalized spacial score (nSPS) is 10.3. The van der Waals surface area contributed by atoms with E-state index < -0.39 is 0 Å². The van der Waals surface area contributed by atoms with Crippen molar-refractivity contribution in [2.75, 3.05) is 5.73 Å². The van der Waals surface area contributed by atoms with Crippen molar-refractivity contribution >= 4 is 5.82 Å². The van der Waals surface area contributed by atoms with Crippen molar-refractivity contribution in [2.24, 2.45) is 0 Å². The molecule has 0 amide bonds. The first-order valence-electron chi connectivity index (χ1n) is 5.93. The van der Waals surface area contributed by atoms with Crippen molar-refractivity contribution in [3.8, 4) is 22.5 Å². The lowest BCUT2D eigenvalue weighted by Gasteiger charge is -2.07. The molecule has 0 fully saturated rings. The SMILES string of the molecule is Nc1ncc(-c2ccccc2)nc1-c1ccncc1. The summed E-state index contributed by atoms with van der Waals surface area (Å²) < 4.78 is 0.